The Bertz CT molecular complexity index is 85.1. The Morgan fingerprint density at radius 3 is 2.50 bits per heavy atom. The van der Waals surface area contributed by atoms with Crippen LogP contribution < -0.4 is 5.73 Å². The highest BCUT2D eigenvalue weighted by atomic mass is 16.8. The van der Waals surface area contributed by atoms with E-state index in [1.54, 1.807) is 6.92 Å². The molecule has 0 amide bonds. The molecular weight excluding hydrogens is 134 g/mol. The van der Waals surface area contributed by atoms with Crippen molar-refractivity contribution >= 4 is 0 Å². The van der Waals surface area contributed by atoms with Crippen LogP contribution in [0.4, 0.5) is 0 Å². The summed E-state index contributed by atoms with van der Waals surface area (Å²) in [5.41, 5.74) is 5.14. The molecule has 62 valence electrons. The van der Waals surface area contributed by atoms with Gasteiger partial charge in [-0.1, -0.05) is 0 Å². The van der Waals surface area contributed by atoms with E-state index in [4.69, 9.17) is 20.3 Å². The molecule has 0 aliphatic rings. The molecule has 0 saturated carbocycles. The van der Waals surface area contributed by atoms with Gasteiger partial charge in [-0.3, -0.25) is 0 Å². The molecular formula is C6H15NO3. The van der Waals surface area contributed by atoms with E-state index >= 15 is 0 Å². The molecule has 0 aliphatic carbocycles. The van der Waals surface area contributed by atoms with Crippen LogP contribution in [-0.4, -0.2) is 30.8 Å². The van der Waals surface area contributed by atoms with Gasteiger partial charge in [-0.05, 0) is 6.92 Å². The number of hydrogen-bond donors (Lipinski definition) is 2. The van der Waals surface area contributed by atoms with Crippen molar-refractivity contribution in [2.45, 2.75) is 19.8 Å². The molecule has 0 heterocycles. The van der Waals surface area contributed by atoms with E-state index in [0.717, 1.165) is 0 Å². The predicted octanol–water partition coefficient (Wildman–Crippen LogP) is -0.336. The number of aliphatic hydroxyl groups is 1. The average molecular weight is 149 g/mol. The fraction of sp³-hybridized carbons (Fsp3) is 1.00. The summed E-state index contributed by atoms with van der Waals surface area (Å²) in [4.78, 5) is 0. The molecule has 4 heteroatoms. The van der Waals surface area contributed by atoms with Gasteiger partial charge in [-0.2, -0.15) is 0 Å². The van der Waals surface area contributed by atoms with E-state index in [1.165, 1.54) is 6.92 Å². The largest absolute Gasteiger partial charge is 0.344 e. The molecule has 0 aromatic heterocycles. The van der Waals surface area contributed by atoms with E-state index in [-0.39, 0.29) is 0 Å². The first kappa shape index (κ1) is 9.84. The van der Waals surface area contributed by atoms with Crippen molar-refractivity contribution in [1.82, 2.24) is 0 Å². The third-order valence-electron chi connectivity index (χ3n) is 0.900. The summed E-state index contributed by atoms with van der Waals surface area (Å²) in [6, 6.07) is 0. The maximum absolute atomic E-state index is 9.15. The standard InChI is InChI=1S/C6H15NO3/c1-3-9-6(2,8)10-5-4-7/h8H,3-5,7H2,1-2H3. The highest BCUT2D eigenvalue weighted by Crippen LogP contribution is 2.05. The normalized spacial score (nSPS) is 16.8. The van der Waals surface area contributed by atoms with Crippen LogP contribution in [0.15, 0.2) is 0 Å². The molecule has 3 N–H and O–H groups in total. The van der Waals surface area contributed by atoms with E-state index in [0.29, 0.717) is 19.8 Å². The quantitative estimate of drug-likeness (QED) is 0.525. The van der Waals surface area contributed by atoms with Gasteiger partial charge in [0, 0.05) is 20.1 Å². The second kappa shape index (κ2) is 4.62. The topological polar surface area (TPSA) is 64.7 Å². The van der Waals surface area contributed by atoms with Crippen LogP contribution in [0.25, 0.3) is 0 Å². The molecule has 1 unspecified atom stereocenters. The molecule has 0 aromatic rings. The average Bonchev–Trinajstić information content (AvgIpc) is 1.84. The van der Waals surface area contributed by atoms with Gasteiger partial charge < -0.3 is 20.3 Å². The van der Waals surface area contributed by atoms with Gasteiger partial charge in [0.05, 0.1) is 6.61 Å². The van der Waals surface area contributed by atoms with Gasteiger partial charge in [0.25, 0.3) is 5.97 Å². The number of rotatable bonds is 5. The summed E-state index contributed by atoms with van der Waals surface area (Å²) >= 11 is 0. The Labute approximate surface area is 60.9 Å². The third kappa shape index (κ3) is 4.69. The third-order valence-corrected chi connectivity index (χ3v) is 0.900. The van der Waals surface area contributed by atoms with Crippen molar-refractivity contribution < 1.29 is 14.6 Å². The van der Waals surface area contributed by atoms with E-state index in [1.807, 2.05) is 0 Å². The first-order chi connectivity index (χ1) is 4.62. The van der Waals surface area contributed by atoms with Crippen LogP contribution in [-0.2, 0) is 9.47 Å². The van der Waals surface area contributed by atoms with Crippen molar-refractivity contribution in [1.29, 1.82) is 0 Å². The Hall–Kier alpha value is -0.160. The molecule has 0 radical (unpaired) electrons. The fourth-order valence-electron chi connectivity index (χ4n) is 0.558. The zero-order chi connectivity index (χ0) is 8.04. The number of ether oxygens (including phenoxy) is 2. The maximum atomic E-state index is 9.15. The van der Waals surface area contributed by atoms with Gasteiger partial charge in [-0.25, -0.2) is 0 Å². The van der Waals surface area contributed by atoms with Crippen molar-refractivity contribution in [3.63, 3.8) is 0 Å². The molecule has 1 atom stereocenters. The molecule has 0 spiro atoms. The van der Waals surface area contributed by atoms with Gasteiger partial charge in [0.2, 0.25) is 0 Å². The van der Waals surface area contributed by atoms with Crippen LogP contribution in [0.3, 0.4) is 0 Å². The molecule has 0 saturated heterocycles. The van der Waals surface area contributed by atoms with Gasteiger partial charge in [-0.15, -0.1) is 0 Å². The molecule has 0 aliphatic heterocycles. The summed E-state index contributed by atoms with van der Waals surface area (Å²) in [5.74, 6) is -1.48. The minimum absolute atomic E-state index is 0.299. The molecule has 0 bridgehead atoms. The van der Waals surface area contributed by atoms with E-state index < -0.39 is 5.97 Å². The van der Waals surface area contributed by atoms with E-state index in [9.17, 15) is 0 Å². The summed E-state index contributed by atoms with van der Waals surface area (Å²) in [5, 5.41) is 9.15. The Morgan fingerprint density at radius 1 is 1.50 bits per heavy atom. The van der Waals surface area contributed by atoms with Crippen LogP contribution >= 0.6 is 0 Å². The SMILES string of the molecule is CCOC(C)(O)OCCN. The Morgan fingerprint density at radius 2 is 2.10 bits per heavy atom. The van der Waals surface area contributed by atoms with Gasteiger partial charge >= 0.3 is 0 Å². The van der Waals surface area contributed by atoms with Gasteiger partial charge in [0.15, 0.2) is 0 Å². The highest BCUT2D eigenvalue weighted by Gasteiger charge is 2.19. The Balaban J connectivity index is 3.42. The lowest BCUT2D eigenvalue weighted by Gasteiger charge is -2.22. The minimum Gasteiger partial charge on any atom is -0.344 e. The van der Waals surface area contributed by atoms with Crippen molar-refractivity contribution in [2.24, 2.45) is 5.73 Å². The first-order valence-corrected chi connectivity index (χ1v) is 3.32. The minimum atomic E-state index is -1.48. The van der Waals surface area contributed by atoms with Crippen LogP contribution in [0.1, 0.15) is 13.8 Å². The zero-order valence-corrected chi connectivity index (χ0v) is 6.46. The van der Waals surface area contributed by atoms with Crippen LogP contribution in [0, 0.1) is 0 Å². The van der Waals surface area contributed by atoms with Crippen LogP contribution in [0.2, 0.25) is 0 Å². The number of nitrogens with two attached hydrogens (primary N) is 1. The molecule has 4 nitrogen and oxygen atoms in total. The second-order valence-corrected chi connectivity index (χ2v) is 1.97. The lowest BCUT2D eigenvalue weighted by Crippen LogP contribution is -2.33. The summed E-state index contributed by atoms with van der Waals surface area (Å²) in [7, 11) is 0. The van der Waals surface area contributed by atoms with Crippen molar-refractivity contribution in [2.75, 3.05) is 19.8 Å². The molecule has 0 fully saturated rings. The lowest BCUT2D eigenvalue weighted by atomic mass is 10.6. The van der Waals surface area contributed by atoms with Crippen molar-refractivity contribution in [3.05, 3.63) is 0 Å². The van der Waals surface area contributed by atoms with Crippen LogP contribution in [0.5, 0.6) is 0 Å². The van der Waals surface area contributed by atoms with Gasteiger partial charge in [0.1, 0.15) is 0 Å². The summed E-state index contributed by atoms with van der Waals surface area (Å²) < 4.78 is 9.64. The van der Waals surface area contributed by atoms with E-state index in [2.05, 4.69) is 0 Å². The predicted molar refractivity (Wildman–Crippen MR) is 37.3 cm³/mol. The fourth-order valence-corrected chi connectivity index (χ4v) is 0.558. The lowest BCUT2D eigenvalue weighted by molar-refractivity contribution is -0.346. The number of hydrogen-bond acceptors (Lipinski definition) is 4. The summed E-state index contributed by atoms with van der Waals surface area (Å²) in [6.45, 7) is 4.31. The maximum Gasteiger partial charge on any atom is 0.277 e. The highest BCUT2D eigenvalue weighted by molar-refractivity contribution is 4.42. The Kier molecular flexibility index (Phi) is 4.55. The monoisotopic (exact) mass is 149 g/mol. The van der Waals surface area contributed by atoms with Crippen molar-refractivity contribution in [3.8, 4) is 0 Å². The second-order valence-electron chi connectivity index (χ2n) is 1.97. The molecule has 0 aromatic carbocycles. The molecule has 10 heavy (non-hydrogen) atoms. The first-order valence-electron chi connectivity index (χ1n) is 3.32. The summed E-state index contributed by atoms with van der Waals surface area (Å²) in [6.07, 6.45) is 0. The smallest absolute Gasteiger partial charge is 0.277 e. The molecule has 0 rings (SSSR count). The zero-order valence-electron chi connectivity index (χ0n) is 6.46.